The van der Waals surface area contributed by atoms with Gasteiger partial charge in [0.25, 0.3) is 0 Å². The highest BCUT2D eigenvalue weighted by Gasteiger charge is 2.42. The molecule has 0 unspecified atom stereocenters. The summed E-state index contributed by atoms with van der Waals surface area (Å²) in [5.41, 5.74) is -3.19. The molecule has 0 atom stereocenters. The molecule has 3 aromatic rings. The maximum atomic E-state index is 10.8. The summed E-state index contributed by atoms with van der Waals surface area (Å²) in [6.07, 6.45) is 0. The average Bonchev–Trinajstić information content (AvgIpc) is 2.43. The molecule has 116 valence electrons. The normalized spacial score (nSPS) is 12.0. The zero-order chi connectivity index (χ0) is 16.4. The number of para-hydroxylation sites is 2. The van der Waals surface area contributed by atoms with Gasteiger partial charge in [0, 0.05) is 10.8 Å². The van der Waals surface area contributed by atoms with Crippen LogP contribution in [0.15, 0.2) is 54.6 Å². The average molecular weight is 328 g/mol. The lowest BCUT2D eigenvalue weighted by Gasteiger charge is -1.99. The Labute approximate surface area is 124 Å². The molecule has 0 amide bonds. The molecule has 4 nitrogen and oxygen atoms in total. The first-order valence-corrected chi connectivity index (χ1v) is 7.57. The van der Waals surface area contributed by atoms with Crippen LogP contribution in [0.5, 0.6) is 0 Å². The van der Waals surface area contributed by atoms with Crippen molar-refractivity contribution in [3.63, 3.8) is 0 Å². The van der Waals surface area contributed by atoms with Crippen molar-refractivity contribution in [2.24, 2.45) is 5.14 Å². The molecule has 0 aliphatic carbocycles. The van der Waals surface area contributed by atoms with Gasteiger partial charge in [0.15, 0.2) is 0 Å². The summed E-state index contributed by atoms with van der Waals surface area (Å²) in [6.45, 7) is 0. The Morgan fingerprint density at radius 3 is 1.59 bits per heavy atom. The monoisotopic (exact) mass is 328 g/mol. The number of benzene rings is 2. The van der Waals surface area contributed by atoms with Crippen LogP contribution in [0.2, 0.25) is 0 Å². The van der Waals surface area contributed by atoms with Crippen LogP contribution in [0.1, 0.15) is 0 Å². The molecule has 0 saturated carbocycles. The number of sulfonamides is 1. The second kappa shape index (κ2) is 5.90. The molecule has 0 fully saturated rings. The van der Waals surface area contributed by atoms with E-state index in [-0.39, 0.29) is 0 Å². The van der Waals surface area contributed by atoms with Crippen LogP contribution in [0, 0.1) is 0 Å². The third-order valence-electron chi connectivity index (χ3n) is 2.75. The number of pyridine rings is 1. The Bertz CT molecular complexity index is 803. The van der Waals surface area contributed by atoms with E-state index in [1.54, 1.807) is 0 Å². The van der Waals surface area contributed by atoms with E-state index < -0.39 is 15.5 Å². The molecule has 2 N–H and O–H groups in total. The van der Waals surface area contributed by atoms with E-state index >= 15 is 0 Å². The van der Waals surface area contributed by atoms with E-state index in [0.29, 0.717) is 0 Å². The second-order valence-electron chi connectivity index (χ2n) is 4.36. The molecular weight excluding hydrogens is 317 g/mol. The molecule has 0 saturated heterocycles. The Balaban J connectivity index is 0.000000192. The number of fused-ring (bicyclic) bond motifs is 2. The van der Waals surface area contributed by atoms with Crippen molar-refractivity contribution >= 4 is 31.8 Å². The zero-order valence-electron chi connectivity index (χ0n) is 11.1. The highest BCUT2D eigenvalue weighted by atomic mass is 32.2. The quantitative estimate of drug-likeness (QED) is 0.644. The summed E-state index contributed by atoms with van der Waals surface area (Å²) in [7, 11) is -5.34. The van der Waals surface area contributed by atoms with Gasteiger partial charge in [0.05, 0.1) is 11.0 Å². The molecule has 22 heavy (non-hydrogen) atoms. The van der Waals surface area contributed by atoms with Crippen LogP contribution in [0.4, 0.5) is 13.2 Å². The summed E-state index contributed by atoms with van der Waals surface area (Å²) in [6, 6.07) is 18.6. The molecule has 3 rings (SSSR count). The van der Waals surface area contributed by atoms with Gasteiger partial charge in [-0.2, -0.15) is 13.2 Å². The molecule has 2 aromatic carbocycles. The maximum Gasteiger partial charge on any atom is 0.511 e. The zero-order valence-corrected chi connectivity index (χ0v) is 11.9. The Morgan fingerprint density at radius 2 is 1.23 bits per heavy atom. The fourth-order valence-corrected chi connectivity index (χ4v) is 1.72. The fourth-order valence-electron chi connectivity index (χ4n) is 1.72. The van der Waals surface area contributed by atoms with Gasteiger partial charge in [-0.05, 0) is 18.2 Å². The lowest BCUT2D eigenvalue weighted by atomic mass is 10.1. The summed E-state index contributed by atoms with van der Waals surface area (Å²) >= 11 is 0. The van der Waals surface area contributed by atoms with E-state index in [1.807, 2.05) is 36.4 Å². The minimum absolute atomic E-state index is 1.06. The first kappa shape index (κ1) is 16.2. The van der Waals surface area contributed by atoms with Crippen molar-refractivity contribution in [1.29, 1.82) is 0 Å². The van der Waals surface area contributed by atoms with Crippen molar-refractivity contribution in [2.45, 2.75) is 5.51 Å². The van der Waals surface area contributed by atoms with Gasteiger partial charge in [0.2, 0.25) is 0 Å². The van der Waals surface area contributed by atoms with Gasteiger partial charge in [0.1, 0.15) is 0 Å². The summed E-state index contributed by atoms with van der Waals surface area (Å²) in [5.74, 6) is 0. The fraction of sp³-hybridized carbons (Fsp3) is 0.0714. The molecular formula is C14H11F3N2O2S. The van der Waals surface area contributed by atoms with Gasteiger partial charge < -0.3 is 0 Å². The highest BCUT2D eigenvalue weighted by molar-refractivity contribution is 7.90. The van der Waals surface area contributed by atoms with Crippen molar-refractivity contribution in [3.8, 4) is 0 Å². The predicted molar refractivity (Wildman–Crippen MR) is 78.4 cm³/mol. The number of halogens is 3. The van der Waals surface area contributed by atoms with Gasteiger partial charge in [-0.3, -0.25) is 0 Å². The molecule has 1 aromatic heterocycles. The summed E-state index contributed by atoms with van der Waals surface area (Å²) in [4.78, 5) is 4.58. The standard InChI is InChI=1S/C13H9N.CH2F3NO2S/c1-3-7-12-10(5-1)9-11-6-2-4-8-13(11)14-12;2-1(3,4)8(5,6)7/h1-9H;(H2,5,6,7). The minimum Gasteiger partial charge on any atom is -0.248 e. The molecule has 0 aliphatic rings. The van der Waals surface area contributed by atoms with E-state index in [1.165, 1.54) is 10.8 Å². The SMILES string of the molecule is NS(=O)(=O)C(F)(F)F.c1ccc2nc3ccccc3cc2c1. The Kier molecular flexibility index (Phi) is 4.34. The van der Waals surface area contributed by atoms with Gasteiger partial charge in [-0.15, -0.1) is 0 Å². The van der Waals surface area contributed by atoms with Crippen LogP contribution in [0.25, 0.3) is 21.8 Å². The van der Waals surface area contributed by atoms with E-state index in [9.17, 15) is 21.6 Å². The predicted octanol–water partition coefficient (Wildman–Crippen LogP) is 3.18. The van der Waals surface area contributed by atoms with E-state index in [2.05, 4.69) is 28.3 Å². The minimum atomic E-state index is -5.34. The smallest absolute Gasteiger partial charge is 0.248 e. The van der Waals surface area contributed by atoms with Crippen LogP contribution in [-0.4, -0.2) is 18.9 Å². The van der Waals surface area contributed by atoms with Crippen molar-refractivity contribution < 1.29 is 21.6 Å². The van der Waals surface area contributed by atoms with Crippen LogP contribution in [-0.2, 0) is 10.0 Å². The van der Waals surface area contributed by atoms with Gasteiger partial charge >= 0.3 is 15.5 Å². The number of hydrogen-bond donors (Lipinski definition) is 1. The lowest BCUT2D eigenvalue weighted by molar-refractivity contribution is -0.0436. The Hall–Kier alpha value is -2.19. The molecule has 0 radical (unpaired) electrons. The van der Waals surface area contributed by atoms with Crippen LogP contribution >= 0.6 is 0 Å². The number of hydrogen-bond acceptors (Lipinski definition) is 3. The topological polar surface area (TPSA) is 73.1 Å². The largest absolute Gasteiger partial charge is 0.511 e. The summed E-state index contributed by atoms with van der Waals surface area (Å²) in [5, 5.41) is 6.06. The molecule has 0 aliphatic heterocycles. The maximum absolute atomic E-state index is 10.8. The molecule has 1 heterocycles. The third kappa shape index (κ3) is 3.71. The number of aromatic nitrogens is 1. The second-order valence-corrected chi connectivity index (χ2v) is 5.92. The third-order valence-corrected chi connectivity index (χ3v) is 3.39. The number of nitrogens with zero attached hydrogens (tertiary/aromatic N) is 1. The van der Waals surface area contributed by atoms with Gasteiger partial charge in [-0.25, -0.2) is 18.5 Å². The first-order chi connectivity index (χ1) is 10.2. The van der Waals surface area contributed by atoms with Crippen molar-refractivity contribution in [1.82, 2.24) is 4.98 Å². The highest BCUT2D eigenvalue weighted by Crippen LogP contribution is 2.19. The number of alkyl halides is 3. The van der Waals surface area contributed by atoms with E-state index in [0.717, 1.165) is 11.0 Å². The number of primary sulfonamides is 1. The Morgan fingerprint density at radius 1 is 0.864 bits per heavy atom. The lowest BCUT2D eigenvalue weighted by Crippen LogP contribution is -2.30. The van der Waals surface area contributed by atoms with Crippen LogP contribution < -0.4 is 5.14 Å². The molecule has 0 bridgehead atoms. The molecule has 0 spiro atoms. The van der Waals surface area contributed by atoms with Crippen molar-refractivity contribution in [3.05, 3.63) is 54.6 Å². The summed E-state index contributed by atoms with van der Waals surface area (Å²) < 4.78 is 51.2. The first-order valence-electron chi connectivity index (χ1n) is 6.02. The van der Waals surface area contributed by atoms with Crippen LogP contribution in [0.3, 0.4) is 0 Å². The van der Waals surface area contributed by atoms with Crippen molar-refractivity contribution in [2.75, 3.05) is 0 Å². The number of rotatable bonds is 0. The van der Waals surface area contributed by atoms with E-state index in [4.69, 9.17) is 0 Å². The molecule has 8 heteroatoms. The van der Waals surface area contributed by atoms with Gasteiger partial charge in [-0.1, -0.05) is 36.4 Å². The number of nitrogens with two attached hydrogens (primary N) is 1.